The Kier molecular flexibility index (Phi) is 8.09. The maximum Gasteiger partial charge on any atom is 0.416 e. The van der Waals surface area contributed by atoms with Crippen LogP contribution in [0.1, 0.15) is 27.0 Å². The number of morpholine rings is 1. The molecule has 2 aromatic heterocycles. The highest BCUT2D eigenvalue weighted by Crippen LogP contribution is 2.43. The molecule has 0 saturated carbocycles. The smallest absolute Gasteiger partial charge is 0.416 e. The summed E-state index contributed by atoms with van der Waals surface area (Å²) in [7, 11) is 0. The predicted molar refractivity (Wildman–Crippen MR) is 165 cm³/mol. The monoisotopic (exact) mass is 614 g/mol. The Hall–Kier alpha value is -5.07. The number of halogens is 3. The predicted octanol–water partition coefficient (Wildman–Crippen LogP) is 6.06. The molecule has 0 atom stereocenters. The van der Waals surface area contributed by atoms with Gasteiger partial charge in [-0.25, -0.2) is 9.97 Å². The van der Waals surface area contributed by atoms with Crippen LogP contribution in [0.5, 0.6) is 5.75 Å². The molecule has 0 bridgehead atoms. The minimum atomic E-state index is -4.59. The summed E-state index contributed by atoms with van der Waals surface area (Å²) in [6.45, 7) is 4.34. The number of hydrogen-bond acceptors (Lipinski definition) is 8. The number of phenols is 1. The van der Waals surface area contributed by atoms with Crippen LogP contribution in [0.3, 0.4) is 0 Å². The van der Waals surface area contributed by atoms with E-state index in [0.29, 0.717) is 71.7 Å². The van der Waals surface area contributed by atoms with Gasteiger partial charge >= 0.3 is 6.18 Å². The van der Waals surface area contributed by atoms with Crippen molar-refractivity contribution in [3.63, 3.8) is 0 Å². The number of carbonyl (C=O) groups excluding carboxylic acids is 1. The average molecular weight is 615 g/mol. The quantitative estimate of drug-likeness (QED) is 0.211. The van der Waals surface area contributed by atoms with Gasteiger partial charge in [0, 0.05) is 54.2 Å². The second-order valence-electron chi connectivity index (χ2n) is 10.8. The van der Waals surface area contributed by atoms with Gasteiger partial charge in [0.05, 0.1) is 35.6 Å². The number of aromatic hydroxyl groups is 1. The van der Waals surface area contributed by atoms with E-state index < -0.39 is 17.6 Å². The van der Waals surface area contributed by atoms with Crippen molar-refractivity contribution in [2.75, 3.05) is 37.4 Å². The lowest BCUT2D eigenvalue weighted by Gasteiger charge is -2.27. The molecule has 0 aliphatic carbocycles. The summed E-state index contributed by atoms with van der Waals surface area (Å²) in [4.78, 5) is 28.3. The Morgan fingerprint density at radius 3 is 2.58 bits per heavy atom. The largest absolute Gasteiger partial charge is 0.507 e. The van der Waals surface area contributed by atoms with Crippen LogP contribution in [-0.2, 0) is 17.5 Å². The molecule has 0 unspecified atom stereocenters. The van der Waals surface area contributed by atoms with Crippen molar-refractivity contribution in [2.24, 2.45) is 0 Å². The van der Waals surface area contributed by atoms with Crippen molar-refractivity contribution in [2.45, 2.75) is 19.6 Å². The van der Waals surface area contributed by atoms with Gasteiger partial charge in [-0.3, -0.25) is 14.7 Å². The Bertz CT molecular complexity index is 1890. The van der Waals surface area contributed by atoms with Crippen molar-refractivity contribution in [1.82, 2.24) is 19.9 Å². The number of nitrogens with zero attached hydrogens (tertiary/aromatic N) is 4. The molecule has 45 heavy (non-hydrogen) atoms. The lowest BCUT2D eigenvalue weighted by atomic mass is 9.92. The number of benzene rings is 3. The number of nitrogen functional groups attached to an aromatic ring is 1. The summed E-state index contributed by atoms with van der Waals surface area (Å²) in [6.07, 6.45) is -1.46. The highest BCUT2D eigenvalue weighted by molar-refractivity contribution is 6.06. The molecule has 1 aliphatic heterocycles. The first-order valence-corrected chi connectivity index (χ1v) is 14.2. The Labute approximate surface area is 256 Å². The number of aryl methyl sites for hydroxylation is 1. The first-order valence-electron chi connectivity index (χ1n) is 14.2. The number of nitrogens with one attached hydrogen (secondary N) is 1. The summed E-state index contributed by atoms with van der Waals surface area (Å²) in [6, 6.07) is 15.4. The van der Waals surface area contributed by atoms with E-state index in [1.54, 1.807) is 60.9 Å². The topological polar surface area (TPSA) is 126 Å². The molecule has 6 rings (SSSR count). The second-order valence-corrected chi connectivity index (χ2v) is 10.8. The van der Waals surface area contributed by atoms with Gasteiger partial charge in [-0.15, -0.1) is 0 Å². The molecule has 9 nitrogen and oxygen atoms in total. The number of aromatic nitrogens is 3. The number of fused-ring (bicyclic) bond motifs is 1. The molecule has 1 aliphatic rings. The number of carbonyl (C=O) groups is 1. The Morgan fingerprint density at radius 2 is 1.84 bits per heavy atom. The van der Waals surface area contributed by atoms with Crippen molar-refractivity contribution in [3.05, 3.63) is 95.3 Å². The highest BCUT2D eigenvalue weighted by Gasteiger charge is 2.32. The zero-order valence-electron chi connectivity index (χ0n) is 24.2. The van der Waals surface area contributed by atoms with Gasteiger partial charge in [0.25, 0.3) is 5.91 Å². The lowest BCUT2D eigenvalue weighted by molar-refractivity contribution is -0.137. The van der Waals surface area contributed by atoms with E-state index in [2.05, 4.69) is 20.3 Å². The van der Waals surface area contributed by atoms with E-state index in [9.17, 15) is 23.1 Å². The Balaban J connectivity index is 1.37. The Morgan fingerprint density at radius 1 is 1.04 bits per heavy atom. The van der Waals surface area contributed by atoms with Gasteiger partial charge in [-0.1, -0.05) is 12.1 Å². The number of anilines is 2. The molecule has 3 aromatic carbocycles. The molecule has 5 aromatic rings. The van der Waals surface area contributed by atoms with Crippen molar-refractivity contribution in [1.29, 1.82) is 0 Å². The van der Waals surface area contributed by atoms with E-state index in [-0.39, 0.29) is 22.9 Å². The van der Waals surface area contributed by atoms with Gasteiger partial charge in [-0.05, 0) is 72.1 Å². The third kappa shape index (κ3) is 6.42. The van der Waals surface area contributed by atoms with Gasteiger partial charge in [0.15, 0.2) is 0 Å². The number of alkyl halides is 3. The number of nitrogens with two attached hydrogens (primary N) is 1. The van der Waals surface area contributed by atoms with E-state index in [1.165, 1.54) is 0 Å². The van der Waals surface area contributed by atoms with Crippen LogP contribution >= 0.6 is 0 Å². The van der Waals surface area contributed by atoms with E-state index in [0.717, 1.165) is 17.7 Å². The summed E-state index contributed by atoms with van der Waals surface area (Å²) >= 11 is 0. The first-order chi connectivity index (χ1) is 21.6. The molecular formula is C33H29F3N6O3. The van der Waals surface area contributed by atoms with Crippen molar-refractivity contribution < 1.29 is 27.8 Å². The fraction of sp³-hybridized carbons (Fsp3) is 0.212. The third-order valence-electron chi connectivity index (χ3n) is 7.66. The van der Waals surface area contributed by atoms with Crippen LogP contribution in [0.4, 0.5) is 24.8 Å². The summed E-state index contributed by atoms with van der Waals surface area (Å²) < 4.78 is 46.8. The standard InChI is InChI=1S/C33H29F3N6O3/c1-19-5-6-21(31(44)40-24-13-20(12-23(16-24)33(34,35)36)18-42-8-10-45-11-9-42)14-25(19)26-15-22-17-39-32(37)41-29(22)28(30(26)43)27-4-2-3-7-38-27/h2-7,12-17,43H,8-11,18H2,1H3,(H,40,44)(H2,37,39,41). The van der Waals surface area contributed by atoms with Crippen LogP contribution in [0.25, 0.3) is 33.3 Å². The molecule has 4 N–H and O–H groups in total. The maximum atomic E-state index is 13.8. The fourth-order valence-electron chi connectivity index (χ4n) is 5.43. The van der Waals surface area contributed by atoms with Crippen LogP contribution in [0.15, 0.2) is 73.1 Å². The van der Waals surface area contributed by atoms with E-state index in [4.69, 9.17) is 10.5 Å². The molecular weight excluding hydrogens is 585 g/mol. The summed E-state index contributed by atoms with van der Waals surface area (Å²) in [5.74, 6) is -0.691. The highest BCUT2D eigenvalue weighted by atomic mass is 19.4. The molecule has 3 heterocycles. The average Bonchev–Trinajstić information content (AvgIpc) is 3.01. The normalized spacial score (nSPS) is 14.0. The SMILES string of the molecule is Cc1ccc(C(=O)Nc2cc(CN3CCOCC3)cc(C(F)(F)F)c2)cc1-c1cc2cnc(N)nc2c(-c2ccccn2)c1O. The number of pyridine rings is 1. The molecule has 230 valence electrons. The number of amides is 1. The number of phenolic OH excluding ortho intramolecular Hbond substituents is 1. The van der Waals surface area contributed by atoms with Crippen molar-refractivity contribution in [3.8, 4) is 28.1 Å². The van der Waals surface area contributed by atoms with Gasteiger partial charge in [-0.2, -0.15) is 13.2 Å². The van der Waals surface area contributed by atoms with Crippen LogP contribution in [-0.4, -0.2) is 57.2 Å². The van der Waals surface area contributed by atoms with Gasteiger partial charge < -0.3 is 20.9 Å². The lowest BCUT2D eigenvalue weighted by Crippen LogP contribution is -2.35. The molecule has 0 radical (unpaired) electrons. The zero-order valence-corrected chi connectivity index (χ0v) is 24.2. The molecule has 12 heteroatoms. The molecule has 1 amide bonds. The van der Waals surface area contributed by atoms with Gasteiger partial charge in [0.2, 0.25) is 5.95 Å². The van der Waals surface area contributed by atoms with E-state index in [1.807, 2.05) is 11.8 Å². The van der Waals surface area contributed by atoms with Crippen molar-refractivity contribution >= 4 is 28.4 Å². The van der Waals surface area contributed by atoms with E-state index >= 15 is 0 Å². The molecule has 1 fully saturated rings. The fourth-order valence-corrected chi connectivity index (χ4v) is 5.43. The number of hydrogen-bond donors (Lipinski definition) is 3. The molecule has 0 spiro atoms. The zero-order chi connectivity index (χ0) is 31.7. The van der Waals surface area contributed by atoms with Crippen LogP contribution in [0.2, 0.25) is 0 Å². The summed E-state index contributed by atoms with van der Waals surface area (Å²) in [5.41, 5.74) is 8.56. The van der Waals surface area contributed by atoms with Crippen LogP contribution in [0, 0.1) is 6.92 Å². The second kappa shape index (κ2) is 12.1. The summed E-state index contributed by atoms with van der Waals surface area (Å²) in [5, 5.41) is 14.8. The first kappa shape index (κ1) is 30.0. The number of rotatable bonds is 6. The minimum absolute atomic E-state index is 0.0286. The number of ether oxygens (including phenoxy) is 1. The molecule has 1 saturated heterocycles. The van der Waals surface area contributed by atoms with Crippen LogP contribution < -0.4 is 11.1 Å². The third-order valence-corrected chi connectivity index (χ3v) is 7.66. The maximum absolute atomic E-state index is 13.8. The van der Waals surface area contributed by atoms with Gasteiger partial charge in [0.1, 0.15) is 5.75 Å². The minimum Gasteiger partial charge on any atom is -0.507 e.